The van der Waals surface area contributed by atoms with Gasteiger partial charge in [0.25, 0.3) is 0 Å². The Kier molecular flexibility index (Phi) is 5.47. The van der Waals surface area contributed by atoms with E-state index in [4.69, 9.17) is 4.74 Å². The zero-order valence-corrected chi connectivity index (χ0v) is 16.7. The van der Waals surface area contributed by atoms with E-state index in [1.54, 1.807) is 7.11 Å². The van der Waals surface area contributed by atoms with Gasteiger partial charge in [0.1, 0.15) is 5.75 Å². The van der Waals surface area contributed by atoms with Crippen LogP contribution in [0.1, 0.15) is 18.5 Å². The predicted molar refractivity (Wildman–Crippen MR) is 109 cm³/mol. The molecule has 2 fully saturated rings. The Bertz CT molecular complexity index is 839. The third kappa shape index (κ3) is 4.44. The number of carbonyl (C=O) groups is 2. The van der Waals surface area contributed by atoms with Crippen LogP contribution in [0.25, 0.3) is 0 Å². The van der Waals surface area contributed by atoms with Gasteiger partial charge >= 0.3 is 0 Å². The van der Waals surface area contributed by atoms with Crippen LogP contribution in [0.5, 0.6) is 5.75 Å². The molecule has 1 N–H and O–H groups in total. The summed E-state index contributed by atoms with van der Waals surface area (Å²) in [6.45, 7) is 3.00. The summed E-state index contributed by atoms with van der Waals surface area (Å²) in [5, 5.41) is 5.28. The molecule has 2 amide bonds. The summed E-state index contributed by atoms with van der Waals surface area (Å²) >= 11 is 1.38. The van der Waals surface area contributed by atoms with Crippen LogP contribution in [0.3, 0.4) is 0 Å². The number of anilines is 2. The average molecular weight is 401 g/mol. The Morgan fingerprint density at radius 3 is 2.54 bits per heavy atom. The number of methoxy groups -OCH3 is 1. The fourth-order valence-electron chi connectivity index (χ4n) is 3.27. The third-order valence-corrected chi connectivity index (χ3v) is 5.94. The Morgan fingerprint density at radius 2 is 1.89 bits per heavy atom. The fourth-order valence-corrected chi connectivity index (χ4v) is 3.99. The summed E-state index contributed by atoms with van der Waals surface area (Å²) in [7, 11) is 1.66. The van der Waals surface area contributed by atoms with Gasteiger partial charge in [0.2, 0.25) is 11.8 Å². The quantitative estimate of drug-likeness (QED) is 0.806. The van der Waals surface area contributed by atoms with Crippen LogP contribution in [-0.4, -0.2) is 55.0 Å². The summed E-state index contributed by atoms with van der Waals surface area (Å²) < 4.78 is 5.20. The molecule has 2 aliphatic rings. The van der Waals surface area contributed by atoms with E-state index in [2.05, 4.69) is 15.2 Å². The van der Waals surface area contributed by atoms with E-state index in [1.165, 1.54) is 11.3 Å². The van der Waals surface area contributed by atoms with E-state index >= 15 is 0 Å². The third-order valence-electron chi connectivity index (χ3n) is 5.13. The molecule has 148 valence electrons. The molecule has 1 aliphatic carbocycles. The number of hydrogen-bond acceptors (Lipinski definition) is 6. The first-order valence-corrected chi connectivity index (χ1v) is 10.4. The van der Waals surface area contributed by atoms with Gasteiger partial charge in [0.15, 0.2) is 5.13 Å². The number of nitrogens with one attached hydrogen (secondary N) is 1. The highest BCUT2D eigenvalue weighted by Gasteiger charge is 2.30. The minimum atomic E-state index is 0.0434. The minimum Gasteiger partial charge on any atom is -0.497 e. The normalized spacial score (nSPS) is 16.8. The van der Waals surface area contributed by atoms with E-state index in [0.29, 0.717) is 18.2 Å². The van der Waals surface area contributed by atoms with Gasteiger partial charge in [0, 0.05) is 43.2 Å². The lowest BCUT2D eigenvalue weighted by molar-refractivity contribution is -0.130. The van der Waals surface area contributed by atoms with Crippen LogP contribution in [0, 0.1) is 5.92 Å². The lowest BCUT2D eigenvalue weighted by Gasteiger charge is -2.36. The second-order valence-corrected chi connectivity index (χ2v) is 8.01. The molecule has 2 aromatic rings. The molecule has 0 radical (unpaired) electrons. The Hall–Kier alpha value is -2.61. The standard InChI is InChI=1S/C20H24N4O3S/c1-27-17-6-4-16(5-7-17)23-8-10-24(11-9-23)18(25)12-15-13-28-20(21-15)22-19(26)14-2-3-14/h4-7,13-14H,2-3,8-12H2,1H3,(H,21,22,26). The molecule has 1 aliphatic heterocycles. The minimum absolute atomic E-state index is 0.0434. The first kappa shape index (κ1) is 18.7. The smallest absolute Gasteiger partial charge is 0.229 e. The lowest BCUT2D eigenvalue weighted by Crippen LogP contribution is -2.49. The lowest BCUT2D eigenvalue weighted by atomic mass is 10.2. The van der Waals surface area contributed by atoms with Gasteiger partial charge in [-0.3, -0.25) is 9.59 Å². The zero-order chi connectivity index (χ0) is 19.5. The highest BCUT2D eigenvalue weighted by atomic mass is 32.1. The SMILES string of the molecule is COc1ccc(N2CCN(C(=O)Cc3csc(NC(=O)C4CC4)n3)CC2)cc1. The maximum absolute atomic E-state index is 12.6. The van der Waals surface area contributed by atoms with Crippen molar-refractivity contribution >= 4 is 34.0 Å². The van der Waals surface area contributed by atoms with E-state index in [1.807, 2.05) is 34.5 Å². The summed E-state index contributed by atoms with van der Waals surface area (Å²) in [6.07, 6.45) is 2.20. The molecule has 1 saturated carbocycles. The first-order chi connectivity index (χ1) is 13.6. The highest BCUT2D eigenvalue weighted by Crippen LogP contribution is 2.30. The molecule has 7 nitrogen and oxygen atoms in total. The monoisotopic (exact) mass is 400 g/mol. The van der Waals surface area contributed by atoms with E-state index in [-0.39, 0.29) is 24.2 Å². The summed E-state index contributed by atoms with van der Waals surface area (Å²) in [4.78, 5) is 33.0. The molecule has 0 unspecified atom stereocenters. The highest BCUT2D eigenvalue weighted by molar-refractivity contribution is 7.13. The van der Waals surface area contributed by atoms with Crippen molar-refractivity contribution in [2.45, 2.75) is 19.3 Å². The van der Waals surface area contributed by atoms with Gasteiger partial charge in [0.05, 0.1) is 19.2 Å². The van der Waals surface area contributed by atoms with Crippen LogP contribution in [0.2, 0.25) is 0 Å². The van der Waals surface area contributed by atoms with Gasteiger partial charge in [-0.1, -0.05) is 0 Å². The first-order valence-electron chi connectivity index (χ1n) is 9.54. The average Bonchev–Trinajstić information content (AvgIpc) is 3.50. The molecule has 8 heteroatoms. The number of hydrogen-bond donors (Lipinski definition) is 1. The molecule has 4 rings (SSSR count). The predicted octanol–water partition coefficient (Wildman–Crippen LogP) is 2.39. The molecule has 1 aromatic heterocycles. The number of ether oxygens (including phenoxy) is 1. The molecule has 1 saturated heterocycles. The molecule has 2 heterocycles. The van der Waals surface area contributed by atoms with Crippen molar-refractivity contribution in [2.24, 2.45) is 5.92 Å². The van der Waals surface area contributed by atoms with Crippen LogP contribution in [0.4, 0.5) is 10.8 Å². The Balaban J connectivity index is 1.26. The molecular formula is C20H24N4O3S. The van der Waals surface area contributed by atoms with Crippen molar-refractivity contribution in [2.75, 3.05) is 43.5 Å². The van der Waals surface area contributed by atoms with Crippen molar-refractivity contribution in [3.05, 3.63) is 35.3 Å². The number of piperazine rings is 1. The van der Waals surface area contributed by atoms with Gasteiger partial charge < -0.3 is 19.9 Å². The molecule has 0 spiro atoms. The second kappa shape index (κ2) is 8.18. The van der Waals surface area contributed by atoms with Gasteiger partial charge in [-0.25, -0.2) is 4.98 Å². The van der Waals surface area contributed by atoms with Crippen molar-refractivity contribution < 1.29 is 14.3 Å². The Labute approximate surface area is 168 Å². The number of thiazole rings is 1. The van der Waals surface area contributed by atoms with Crippen molar-refractivity contribution in [3.63, 3.8) is 0 Å². The van der Waals surface area contributed by atoms with Crippen LogP contribution < -0.4 is 15.0 Å². The summed E-state index contributed by atoms with van der Waals surface area (Å²) in [5.41, 5.74) is 1.86. The van der Waals surface area contributed by atoms with E-state index in [0.717, 1.165) is 43.1 Å². The van der Waals surface area contributed by atoms with Gasteiger partial charge in [-0.2, -0.15) is 0 Å². The van der Waals surface area contributed by atoms with E-state index in [9.17, 15) is 9.59 Å². The van der Waals surface area contributed by atoms with E-state index < -0.39 is 0 Å². The number of benzene rings is 1. The molecule has 0 bridgehead atoms. The molecule has 0 atom stereocenters. The summed E-state index contributed by atoms with van der Waals surface area (Å²) in [6, 6.07) is 8.00. The number of aromatic nitrogens is 1. The summed E-state index contributed by atoms with van der Waals surface area (Å²) in [5.74, 6) is 1.12. The van der Waals surface area contributed by atoms with Gasteiger partial charge in [-0.15, -0.1) is 11.3 Å². The van der Waals surface area contributed by atoms with Gasteiger partial charge in [-0.05, 0) is 37.1 Å². The van der Waals surface area contributed by atoms with Crippen LogP contribution >= 0.6 is 11.3 Å². The number of rotatable bonds is 6. The molecular weight excluding hydrogens is 376 g/mol. The van der Waals surface area contributed by atoms with Crippen LogP contribution in [0.15, 0.2) is 29.6 Å². The van der Waals surface area contributed by atoms with Crippen molar-refractivity contribution in [3.8, 4) is 5.75 Å². The van der Waals surface area contributed by atoms with Crippen molar-refractivity contribution in [1.82, 2.24) is 9.88 Å². The largest absolute Gasteiger partial charge is 0.497 e. The molecule has 28 heavy (non-hydrogen) atoms. The van der Waals surface area contributed by atoms with Crippen molar-refractivity contribution in [1.29, 1.82) is 0 Å². The molecule has 1 aromatic carbocycles. The zero-order valence-electron chi connectivity index (χ0n) is 15.9. The maximum Gasteiger partial charge on any atom is 0.229 e. The fraction of sp³-hybridized carbons (Fsp3) is 0.450. The number of carbonyl (C=O) groups excluding carboxylic acids is 2. The van der Waals surface area contributed by atoms with Crippen LogP contribution in [-0.2, 0) is 16.0 Å². The second-order valence-electron chi connectivity index (χ2n) is 7.15. The Morgan fingerprint density at radius 1 is 1.18 bits per heavy atom. The maximum atomic E-state index is 12.6. The number of amides is 2. The number of nitrogens with zero attached hydrogens (tertiary/aromatic N) is 3. The topological polar surface area (TPSA) is 74.8 Å².